The minimum Gasteiger partial charge on any atom is -0.298 e. The molecule has 0 bridgehead atoms. The van der Waals surface area contributed by atoms with Crippen molar-refractivity contribution in [2.45, 2.75) is 45.3 Å². The summed E-state index contributed by atoms with van der Waals surface area (Å²) in [6.45, 7) is 4.35. The molecule has 1 atom stereocenters. The van der Waals surface area contributed by atoms with Gasteiger partial charge in [-0.1, -0.05) is 0 Å². The zero-order valence-corrected chi connectivity index (χ0v) is 9.06. The lowest BCUT2D eigenvalue weighted by Gasteiger charge is -2.10. The highest BCUT2D eigenvalue weighted by atomic mass is 15.4. The van der Waals surface area contributed by atoms with Crippen LogP contribution in [0.1, 0.15) is 24.5 Å². The van der Waals surface area contributed by atoms with Crippen LogP contribution in [0.15, 0.2) is 0 Å². The van der Waals surface area contributed by atoms with E-state index in [1.165, 1.54) is 12.8 Å². The third-order valence-corrected chi connectivity index (χ3v) is 2.49. The molecule has 0 saturated heterocycles. The van der Waals surface area contributed by atoms with Crippen LogP contribution in [0.3, 0.4) is 0 Å². The number of hydrogen-bond donors (Lipinski definition) is 1. The molecule has 1 aliphatic rings. The highest BCUT2D eigenvalue weighted by molar-refractivity contribution is 4.97. The van der Waals surface area contributed by atoms with Crippen molar-refractivity contribution in [3.63, 3.8) is 0 Å². The van der Waals surface area contributed by atoms with Crippen LogP contribution < -0.4 is 5.32 Å². The van der Waals surface area contributed by atoms with Crippen LogP contribution in [-0.2, 0) is 6.54 Å². The van der Waals surface area contributed by atoms with Crippen molar-refractivity contribution >= 4 is 0 Å². The van der Waals surface area contributed by atoms with Gasteiger partial charge < -0.3 is 0 Å². The summed E-state index contributed by atoms with van der Waals surface area (Å²) < 4.78 is 1.79. The van der Waals surface area contributed by atoms with Crippen LogP contribution in [0.4, 0.5) is 0 Å². The van der Waals surface area contributed by atoms with E-state index < -0.39 is 0 Å². The molecule has 0 spiro atoms. The number of hydrogen-bond acceptors (Lipinski definition) is 4. The van der Waals surface area contributed by atoms with Gasteiger partial charge in [0.2, 0.25) is 0 Å². The lowest BCUT2D eigenvalue weighted by Crippen LogP contribution is -2.34. The summed E-state index contributed by atoms with van der Waals surface area (Å²) in [5, 5.41) is 16.5. The van der Waals surface area contributed by atoms with Crippen molar-refractivity contribution in [3.05, 3.63) is 11.6 Å². The molecule has 0 aliphatic heterocycles. The monoisotopic (exact) mass is 205 g/mol. The number of nitrogens with zero attached hydrogens (tertiary/aromatic N) is 4. The molecule has 1 aromatic rings. The van der Waals surface area contributed by atoms with E-state index in [2.05, 4.69) is 21.5 Å². The van der Waals surface area contributed by atoms with Gasteiger partial charge >= 0.3 is 0 Å². The van der Waals surface area contributed by atoms with Crippen LogP contribution in [0.5, 0.6) is 0 Å². The Kier molecular flexibility index (Phi) is 2.69. The summed E-state index contributed by atoms with van der Waals surface area (Å²) in [5.41, 5.74) is 0. The maximum Gasteiger partial charge on any atom is 0.147 e. The molecule has 5 nitrogen and oxygen atoms in total. The van der Waals surface area contributed by atoms with Crippen molar-refractivity contribution in [1.82, 2.24) is 20.1 Å². The first-order valence-corrected chi connectivity index (χ1v) is 5.23. The Morgan fingerprint density at radius 2 is 2.33 bits per heavy atom. The van der Waals surface area contributed by atoms with Gasteiger partial charge in [0, 0.05) is 6.04 Å². The van der Waals surface area contributed by atoms with Gasteiger partial charge in [-0.05, 0) is 26.7 Å². The van der Waals surface area contributed by atoms with E-state index in [4.69, 9.17) is 5.26 Å². The van der Waals surface area contributed by atoms with Crippen molar-refractivity contribution in [3.8, 4) is 6.07 Å². The van der Waals surface area contributed by atoms with Crippen molar-refractivity contribution in [2.24, 2.45) is 0 Å². The fraction of sp³-hybridized carbons (Fsp3) is 0.700. The lowest BCUT2D eigenvalue weighted by atomic mass is 10.3. The summed E-state index contributed by atoms with van der Waals surface area (Å²) >= 11 is 0. The molecule has 1 aromatic heterocycles. The Hall–Kier alpha value is -1.41. The average molecular weight is 205 g/mol. The largest absolute Gasteiger partial charge is 0.298 e. The number of nitriles is 1. The Morgan fingerprint density at radius 3 is 2.80 bits per heavy atom. The Labute approximate surface area is 89.1 Å². The second kappa shape index (κ2) is 3.99. The van der Waals surface area contributed by atoms with Gasteiger partial charge in [-0.15, -0.1) is 0 Å². The van der Waals surface area contributed by atoms with Crippen molar-refractivity contribution in [2.75, 3.05) is 0 Å². The number of aryl methyl sites for hydroxylation is 2. The molecule has 1 N–H and O–H groups in total. The molecule has 0 radical (unpaired) electrons. The Bertz CT molecular complexity index is 385. The SMILES string of the molecule is Cc1nc(C)n(CC(C#N)NC2CC2)n1. The Balaban J connectivity index is 1.99. The van der Waals surface area contributed by atoms with Crippen LogP contribution in [0, 0.1) is 25.2 Å². The number of rotatable bonds is 4. The second-order valence-corrected chi connectivity index (χ2v) is 4.01. The molecule has 5 heteroatoms. The standard InChI is InChI=1S/C10H15N5/c1-7-12-8(2)15(14-7)6-10(5-11)13-9-3-4-9/h9-10,13H,3-4,6H2,1-2H3. The first kappa shape index (κ1) is 10.1. The van der Waals surface area contributed by atoms with E-state index >= 15 is 0 Å². The molecule has 1 unspecified atom stereocenters. The molecular formula is C10H15N5. The maximum atomic E-state index is 8.99. The summed E-state index contributed by atoms with van der Waals surface area (Å²) in [6.07, 6.45) is 2.38. The van der Waals surface area contributed by atoms with Gasteiger partial charge in [-0.25, -0.2) is 9.67 Å². The highest BCUT2D eigenvalue weighted by Crippen LogP contribution is 2.19. The van der Waals surface area contributed by atoms with E-state index in [0.29, 0.717) is 12.6 Å². The minimum atomic E-state index is -0.155. The summed E-state index contributed by atoms with van der Waals surface area (Å²) in [7, 11) is 0. The van der Waals surface area contributed by atoms with Gasteiger partial charge in [0.1, 0.15) is 17.7 Å². The van der Waals surface area contributed by atoms with Gasteiger partial charge in [0.05, 0.1) is 12.6 Å². The topological polar surface area (TPSA) is 66.5 Å². The maximum absolute atomic E-state index is 8.99. The summed E-state index contributed by atoms with van der Waals surface area (Å²) in [6, 6.07) is 2.64. The molecule has 1 heterocycles. The Morgan fingerprint density at radius 1 is 1.60 bits per heavy atom. The van der Waals surface area contributed by atoms with E-state index in [1.54, 1.807) is 4.68 Å². The first-order valence-electron chi connectivity index (χ1n) is 5.23. The predicted molar refractivity (Wildman–Crippen MR) is 55.1 cm³/mol. The minimum absolute atomic E-state index is 0.155. The zero-order chi connectivity index (χ0) is 10.8. The zero-order valence-electron chi connectivity index (χ0n) is 9.06. The van der Waals surface area contributed by atoms with E-state index in [-0.39, 0.29) is 6.04 Å². The molecule has 1 saturated carbocycles. The summed E-state index contributed by atoms with van der Waals surface area (Å²) in [4.78, 5) is 4.21. The highest BCUT2D eigenvalue weighted by Gasteiger charge is 2.25. The second-order valence-electron chi connectivity index (χ2n) is 4.01. The number of nitrogens with one attached hydrogen (secondary N) is 1. The fourth-order valence-corrected chi connectivity index (χ4v) is 1.57. The van der Waals surface area contributed by atoms with Gasteiger partial charge in [0.25, 0.3) is 0 Å². The number of aromatic nitrogens is 3. The van der Waals surface area contributed by atoms with Gasteiger partial charge in [-0.2, -0.15) is 10.4 Å². The smallest absolute Gasteiger partial charge is 0.147 e. The molecule has 0 aromatic carbocycles. The van der Waals surface area contributed by atoms with Crippen LogP contribution in [0.2, 0.25) is 0 Å². The molecule has 1 aliphatic carbocycles. The molecule has 0 amide bonds. The van der Waals surface area contributed by atoms with Gasteiger partial charge in [0.15, 0.2) is 0 Å². The average Bonchev–Trinajstić information content (AvgIpc) is 2.93. The van der Waals surface area contributed by atoms with Crippen molar-refractivity contribution < 1.29 is 0 Å². The van der Waals surface area contributed by atoms with E-state index in [9.17, 15) is 0 Å². The molecule has 80 valence electrons. The predicted octanol–water partition coefficient (Wildman–Crippen LogP) is 0.539. The van der Waals surface area contributed by atoms with Crippen LogP contribution in [-0.4, -0.2) is 26.8 Å². The van der Waals surface area contributed by atoms with Crippen LogP contribution >= 0.6 is 0 Å². The lowest BCUT2D eigenvalue weighted by molar-refractivity contribution is 0.479. The first-order chi connectivity index (χ1) is 7.19. The molecular weight excluding hydrogens is 190 g/mol. The fourth-order valence-electron chi connectivity index (χ4n) is 1.57. The van der Waals surface area contributed by atoms with Gasteiger partial charge in [-0.3, -0.25) is 5.32 Å². The summed E-state index contributed by atoms with van der Waals surface area (Å²) in [5.74, 6) is 1.63. The van der Waals surface area contributed by atoms with E-state index in [0.717, 1.165) is 11.6 Å². The third-order valence-electron chi connectivity index (χ3n) is 2.49. The molecule has 2 rings (SSSR count). The van der Waals surface area contributed by atoms with Crippen LogP contribution in [0.25, 0.3) is 0 Å². The normalized spacial score (nSPS) is 17.4. The van der Waals surface area contributed by atoms with Crippen molar-refractivity contribution in [1.29, 1.82) is 5.26 Å². The molecule has 1 fully saturated rings. The third kappa shape index (κ3) is 2.54. The quantitative estimate of drug-likeness (QED) is 0.779. The van der Waals surface area contributed by atoms with E-state index in [1.807, 2.05) is 13.8 Å². The molecule has 15 heavy (non-hydrogen) atoms.